The average Bonchev–Trinajstić information content (AvgIpc) is 2.34. The maximum atomic E-state index is 13.3. The number of ether oxygens (including phenoxy) is 1. The molecule has 0 aliphatic rings. The van der Waals surface area contributed by atoms with E-state index in [2.05, 4.69) is 0 Å². The second-order valence-corrected chi connectivity index (χ2v) is 4.27. The number of aliphatic hydroxyl groups is 1. The van der Waals surface area contributed by atoms with E-state index in [1.807, 2.05) is 0 Å². The summed E-state index contributed by atoms with van der Waals surface area (Å²) in [7, 11) is 0. The van der Waals surface area contributed by atoms with Crippen LogP contribution in [0.4, 0.5) is 8.78 Å². The van der Waals surface area contributed by atoms with Gasteiger partial charge in [0.2, 0.25) is 0 Å². The molecule has 0 bridgehead atoms. The monoisotopic (exact) mass is 273 g/mol. The van der Waals surface area contributed by atoms with E-state index in [0.717, 1.165) is 12.1 Å². The van der Waals surface area contributed by atoms with Crippen LogP contribution in [0.25, 0.3) is 0 Å². The highest BCUT2D eigenvalue weighted by molar-refractivity contribution is 5.78. The molecular formula is C13H17F2NO3. The summed E-state index contributed by atoms with van der Waals surface area (Å²) in [5.41, 5.74) is 0. The molecule has 19 heavy (non-hydrogen) atoms. The van der Waals surface area contributed by atoms with Gasteiger partial charge in [-0.05, 0) is 26.0 Å². The van der Waals surface area contributed by atoms with Gasteiger partial charge in [0.05, 0.1) is 6.61 Å². The van der Waals surface area contributed by atoms with Crippen LogP contribution in [-0.2, 0) is 4.79 Å². The maximum Gasteiger partial charge on any atom is 0.260 e. The molecule has 0 heterocycles. The van der Waals surface area contributed by atoms with E-state index < -0.39 is 11.6 Å². The van der Waals surface area contributed by atoms with Gasteiger partial charge < -0.3 is 14.7 Å². The second-order valence-electron chi connectivity index (χ2n) is 4.27. The number of carbonyl (C=O) groups is 1. The highest BCUT2D eigenvalue weighted by atomic mass is 19.1. The summed E-state index contributed by atoms with van der Waals surface area (Å²) in [4.78, 5) is 13.2. The van der Waals surface area contributed by atoms with Crippen molar-refractivity contribution in [3.8, 4) is 5.75 Å². The Labute approximate surface area is 110 Å². The molecule has 4 nitrogen and oxygen atoms in total. The summed E-state index contributed by atoms with van der Waals surface area (Å²) < 4.78 is 31.0. The summed E-state index contributed by atoms with van der Waals surface area (Å²) in [6.07, 6.45) is 0. The van der Waals surface area contributed by atoms with E-state index in [-0.39, 0.29) is 37.5 Å². The zero-order chi connectivity index (χ0) is 14.4. The molecule has 0 aliphatic carbocycles. The topological polar surface area (TPSA) is 49.8 Å². The van der Waals surface area contributed by atoms with E-state index in [1.54, 1.807) is 13.8 Å². The van der Waals surface area contributed by atoms with Crippen molar-refractivity contribution in [2.75, 3.05) is 19.8 Å². The number of amides is 1. The van der Waals surface area contributed by atoms with E-state index in [4.69, 9.17) is 9.84 Å². The zero-order valence-electron chi connectivity index (χ0n) is 10.9. The van der Waals surface area contributed by atoms with E-state index in [0.29, 0.717) is 6.07 Å². The molecule has 6 heteroatoms. The van der Waals surface area contributed by atoms with Gasteiger partial charge in [0, 0.05) is 18.7 Å². The number of aliphatic hydroxyl groups excluding tert-OH is 1. The number of halogens is 2. The van der Waals surface area contributed by atoms with Crippen LogP contribution < -0.4 is 4.74 Å². The molecule has 0 fully saturated rings. The fraction of sp³-hybridized carbons (Fsp3) is 0.462. The van der Waals surface area contributed by atoms with E-state index in [9.17, 15) is 13.6 Å². The Morgan fingerprint density at radius 2 is 2.11 bits per heavy atom. The average molecular weight is 273 g/mol. The predicted octanol–water partition coefficient (Wildman–Crippen LogP) is 1.57. The Bertz CT molecular complexity index is 438. The van der Waals surface area contributed by atoms with Crippen molar-refractivity contribution < 1.29 is 23.4 Å². The third-order valence-corrected chi connectivity index (χ3v) is 2.53. The minimum atomic E-state index is -0.856. The number of hydrogen-bond acceptors (Lipinski definition) is 3. The van der Waals surface area contributed by atoms with Crippen molar-refractivity contribution in [1.29, 1.82) is 0 Å². The number of carbonyl (C=O) groups excluding carboxylic acids is 1. The summed E-state index contributed by atoms with van der Waals surface area (Å²) in [5.74, 6) is -2.11. The van der Waals surface area contributed by atoms with Gasteiger partial charge in [0.25, 0.3) is 5.91 Å². The SMILES string of the molecule is CC(C)N(CCO)C(=O)COc1ccc(F)cc1F. The molecule has 0 atom stereocenters. The first-order chi connectivity index (χ1) is 8.95. The minimum absolute atomic E-state index is 0.0960. The molecular weight excluding hydrogens is 256 g/mol. The van der Waals surface area contributed by atoms with Crippen molar-refractivity contribution in [1.82, 2.24) is 4.90 Å². The Hall–Kier alpha value is -1.69. The first kappa shape index (κ1) is 15.4. The fourth-order valence-corrected chi connectivity index (χ4v) is 1.59. The molecule has 106 valence electrons. The van der Waals surface area contributed by atoms with Crippen LogP contribution in [0.15, 0.2) is 18.2 Å². The fourth-order valence-electron chi connectivity index (χ4n) is 1.59. The van der Waals surface area contributed by atoms with Crippen LogP contribution in [0.5, 0.6) is 5.75 Å². The summed E-state index contributed by atoms with van der Waals surface area (Å²) in [5, 5.41) is 8.86. The van der Waals surface area contributed by atoms with Crippen LogP contribution in [0, 0.1) is 11.6 Å². The Balaban J connectivity index is 2.62. The molecule has 1 N–H and O–H groups in total. The number of benzene rings is 1. The van der Waals surface area contributed by atoms with Crippen molar-refractivity contribution in [2.24, 2.45) is 0 Å². The van der Waals surface area contributed by atoms with E-state index in [1.165, 1.54) is 4.90 Å². The van der Waals surface area contributed by atoms with Gasteiger partial charge in [-0.3, -0.25) is 4.79 Å². The van der Waals surface area contributed by atoms with Crippen molar-refractivity contribution in [2.45, 2.75) is 19.9 Å². The molecule has 0 aliphatic heterocycles. The number of rotatable bonds is 6. The van der Waals surface area contributed by atoms with Gasteiger partial charge in [-0.25, -0.2) is 8.78 Å². The molecule has 1 rings (SSSR count). The molecule has 0 saturated carbocycles. The predicted molar refractivity (Wildman–Crippen MR) is 65.8 cm³/mol. The van der Waals surface area contributed by atoms with Gasteiger partial charge in [0.15, 0.2) is 18.2 Å². The first-order valence-corrected chi connectivity index (χ1v) is 5.94. The molecule has 1 amide bonds. The van der Waals surface area contributed by atoms with Gasteiger partial charge in [-0.15, -0.1) is 0 Å². The lowest BCUT2D eigenvalue weighted by atomic mass is 10.3. The third kappa shape index (κ3) is 4.48. The van der Waals surface area contributed by atoms with Gasteiger partial charge in [-0.1, -0.05) is 0 Å². The standard InChI is InChI=1S/C13H17F2NO3/c1-9(2)16(5-6-17)13(18)8-19-12-4-3-10(14)7-11(12)15/h3-4,7,9,17H,5-6,8H2,1-2H3. The Kier molecular flexibility index (Phi) is 5.69. The number of hydrogen-bond donors (Lipinski definition) is 1. The lowest BCUT2D eigenvalue weighted by Gasteiger charge is -2.25. The van der Waals surface area contributed by atoms with Crippen LogP contribution >= 0.6 is 0 Å². The van der Waals surface area contributed by atoms with E-state index >= 15 is 0 Å². The molecule has 1 aromatic carbocycles. The molecule has 0 saturated heterocycles. The van der Waals surface area contributed by atoms with Gasteiger partial charge in [0.1, 0.15) is 5.82 Å². The summed E-state index contributed by atoms with van der Waals surface area (Å²) >= 11 is 0. The highest BCUT2D eigenvalue weighted by Gasteiger charge is 2.17. The van der Waals surface area contributed by atoms with Crippen molar-refractivity contribution in [3.63, 3.8) is 0 Å². The van der Waals surface area contributed by atoms with Gasteiger partial charge >= 0.3 is 0 Å². The lowest BCUT2D eigenvalue weighted by molar-refractivity contribution is -0.135. The largest absolute Gasteiger partial charge is 0.481 e. The third-order valence-electron chi connectivity index (χ3n) is 2.53. The Morgan fingerprint density at radius 3 is 2.63 bits per heavy atom. The molecule has 0 radical (unpaired) electrons. The van der Waals surface area contributed by atoms with Crippen LogP contribution in [0.2, 0.25) is 0 Å². The van der Waals surface area contributed by atoms with Crippen molar-refractivity contribution in [3.05, 3.63) is 29.8 Å². The molecule has 0 unspecified atom stereocenters. The Morgan fingerprint density at radius 1 is 1.42 bits per heavy atom. The van der Waals surface area contributed by atoms with Gasteiger partial charge in [-0.2, -0.15) is 0 Å². The van der Waals surface area contributed by atoms with Crippen LogP contribution in [0.1, 0.15) is 13.8 Å². The maximum absolute atomic E-state index is 13.3. The zero-order valence-corrected chi connectivity index (χ0v) is 10.9. The van der Waals surface area contributed by atoms with Crippen LogP contribution in [0.3, 0.4) is 0 Å². The lowest BCUT2D eigenvalue weighted by Crippen LogP contribution is -2.41. The normalized spacial score (nSPS) is 10.6. The second kappa shape index (κ2) is 7.04. The minimum Gasteiger partial charge on any atom is -0.481 e. The molecule has 0 spiro atoms. The molecule has 0 aromatic heterocycles. The van der Waals surface area contributed by atoms with Crippen molar-refractivity contribution >= 4 is 5.91 Å². The first-order valence-electron chi connectivity index (χ1n) is 5.94. The summed E-state index contributed by atoms with van der Waals surface area (Å²) in [6.45, 7) is 3.26. The smallest absolute Gasteiger partial charge is 0.260 e. The van der Waals surface area contributed by atoms with Crippen LogP contribution in [-0.4, -0.2) is 41.7 Å². The summed E-state index contributed by atoms with van der Waals surface area (Å²) in [6, 6.07) is 2.77. The highest BCUT2D eigenvalue weighted by Crippen LogP contribution is 2.17. The number of nitrogens with zero attached hydrogens (tertiary/aromatic N) is 1. The quantitative estimate of drug-likeness (QED) is 0.856. The molecule has 1 aromatic rings.